The van der Waals surface area contributed by atoms with Gasteiger partial charge in [0.1, 0.15) is 6.29 Å². The zero-order chi connectivity index (χ0) is 12.3. The Balaban J connectivity index is 2.28. The van der Waals surface area contributed by atoms with Gasteiger partial charge >= 0.3 is 0 Å². The summed E-state index contributed by atoms with van der Waals surface area (Å²) in [6.07, 6.45) is 6.05. The van der Waals surface area contributed by atoms with Gasteiger partial charge in [-0.1, -0.05) is 6.92 Å². The Labute approximate surface area is 104 Å². The van der Waals surface area contributed by atoms with Crippen LogP contribution in [0, 0.1) is 6.92 Å². The molecule has 92 valence electrons. The van der Waals surface area contributed by atoms with Crippen molar-refractivity contribution in [1.29, 1.82) is 0 Å². The molecule has 0 bridgehead atoms. The van der Waals surface area contributed by atoms with Crippen molar-refractivity contribution in [2.24, 2.45) is 0 Å². The van der Waals surface area contributed by atoms with Crippen molar-refractivity contribution in [3.8, 4) is 0 Å². The summed E-state index contributed by atoms with van der Waals surface area (Å²) >= 11 is 0. The summed E-state index contributed by atoms with van der Waals surface area (Å²) in [6.45, 7) is 5.52. The van der Waals surface area contributed by atoms with E-state index < -0.39 is 0 Å². The highest BCUT2D eigenvalue weighted by Gasteiger charge is 2.22. The van der Waals surface area contributed by atoms with Crippen molar-refractivity contribution in [3.05, 3.63) is 29.3 Å². The molecule has 1 aliphatic heterocycles. The molecule has 0 N–H and O–H groups in total. The van der Waals surface area contributed by atoms with Gasteiger partial charge in [-0.3, -0.25) is 4.79 Å². The fraction of sp³-hybridized carbons (Fsp3) is 0.533. The Hall–Kier alpha value is -1.31. The van der Waals surface area contributed by atoms with Crippen LogP contribution in [-0.2, 0) is 0 Å². The summed E-state index contributed by atoms with van der Waals surface area (Å²) in [6, 6.07) is 6.69. The zero-order valence-corrected chi connectivity index (χ0v) is 10.8. The number of carbonyl (C=O) groups excluding carboxylic acids is 1. The minimum Gasteiger partial charge on any atom is -0.368 e. The Morgan fingerprint density at radius 2 is 2.24 bits per heavy atom. The third kappa shape index (κ3) is 2.51. The monoisotopic (exact) mass is 231 g/mol. The van der Waals surface area contributed by atoms with E-state index in [0.717, 1.165) is 18.4 Å². The van der Waals surface area contributed by atoms with Crippen LogP contribution in [0.15, 0.2) is 18.2 Å². The summed E-state index contributed by atoms with van der Waals surface area (Å²) < 4.78 is 0. The van der Waals surface area contributed by atoms with Gasteiger partial charge in [0.05, 0.1) is 0 Å². The van der Waals surface area contributed by atoms with Crippen LogP contribution in [0.2, 0.25) is 0 Å². The van der Waals surface area contributed by atoms with E-state index in [-0.39, 0.29) is 0 Å². The van der Waals surface area contributed by atoms with Crippen molar-refractivity contribution in [1.82, 2.24) is 0 Å². The summed E-state index contributed by atoms with van der Waals surface area (Å²) in [5.41, 5.74) is 3.30. The molecule has 0 radical (unpaired) electrons. The number of aldehydes is 1. The van der Waals surface area contributed by atoms with Gasteiger partial charge < -0.3 is 4.90 Å². The van der Waals surface area contributed by atoms with E-state index in [1.807, 2.05) is 12.1 Å². The molecule has 1 heterocycles. The number of benzene rings is 1. The molecule has 17 heavy (non-hydrogen) atoms. The standard InChI is InChI=1S/C15H21NO/c1-3-14-6-4-5-9-16(14)15-8-7-13(11-17)10-12(15)2/h7-8,10-11,14H,3-6,9H2,1-2H3. The second-order valence-corrected chi connectivity index (χ2v) is 4.92. The highest BCUT2D eigenvalue weighted by Crippen LogP contribution is 2.29. The van der Waals surface area contributed by atoms with Crippen LogP contribution >= 0.6 is 0 Å². The quantitative estimate of drug-likeness (QED) is 0.741. The SMILES string of the molecule is CCC1CCCCN1c1ccc(C=O)cc1C. The number of hydrogen-bond donors (Lipinski definition) is 0. The smallest absolute Gasteiger partial charge is 0.150 e. The van der Waals surface area contributed by atoms with Crippen LogP contribution in [0.5, 0.6) is 0 Å². The second kappa shape index (κ2) is 5.35. The molecule has 2 nitrogen and oxygen atoms in total. The van der Waals surface area contributed by atoms with Crippen LogP contribution in [-0.4, -0.2) is 18.9 Å². The first-order valence-corrected chi connectivity index (χ1v) is 6.58. The van der Waals surface area contributed by atoms with Crippen molar-refractivity contribution in [2.75, 3.05) is 11.4 Å². The molecule has 0 spiro atoms. The van der Waals surface area contributed by atoms with E-state index in [0.29, 0.717) is 6.04 Å². The summed E-state index contributed by atoms with van der Waals surface area (Å²) in [4.78, 5) is 13.3. The van der Waals surface area contributed by atoms with Gasteiger partial charge in [0.25, 0.3) is 0 Å². The number of hydrogen-bond acceptors (Lipinski definition) is 2. The normalized spacial score (nSPS) is 20.4. The lowest BCUT2D eigenvalue weighted by Crippen LogP contribution is -2.39. The fourth-order valence-electron chi connectivity index (χ4n) is 2.82. The minimum absolute atomic E-state index is 0.671. The third-order valence-electron chi connectivity index (χ3n) is 3.76. The van der Waals surface area contributed by atoms with E-state index in [4.69, 9.17) is 0 Å². The highest BCUT2D eigenvalue weighted by molar-refractivity contribution is 5.77. The van der Waals surface area contributed by atoms with Gasteiger partial charge in [-0.05, 0) is 56.4 Å². The number of rotatable bonds is 3. The lowest BCUT2D eigenvalue weighted by atomic mass is 9.97. The first kappa shape index (κ1) is 12.2. The summed E-state index contributed by atoms with van der Waals surface area (Å²) in [5, 5.41) is 0. The average Bonchev–Trinajstić information content (AvgIpc) is 2.38. The van der Waals surface area contributed by atoms with Crippen molar-refractivity contribution < 1.29 is 4.79 Å². The molecular weight excluding hydrogens is 210 g/mol. The van der Waals surface area contributed by atoms with Gasteiger partial charge in [-0.15, -0.1) is 0 Å². The van der Waals surface area contributed by atoms with Gasteiger partial charge in [0, 0.05) is 23.8 Å². The van der Waals surface area contributed by atoms with Gasteiger partial charge in [0.2, 0.25) is 0 Å². The average molecular weight is 231 g/mol. The van der Waals surface area contributed by atoms with E-state index in [9.17, 15) is 4.79 Å². The maximum absolute atomic E-state index is 10.8. The molecule has 1 saturated heterocycles. The maximum Gasteiger partial charge on any atom is 0.150 e. The Morgan fingerprint density at radius 3 is 2.88 bits per heavy atom. The molecule has 1 aromatic rings. The number of anilines is 1. The Bertz CT molecular complexity index is 400. The second-order valence-electron chi connectivity index (χ2n) is 4.92. The highest BCUT2D eigenvalue weighted by atomic mass is 16.1. The first-order chi connectivity index (χ1) is 8.26. The maximum atomic E-state index is 10.8. The van der Waals surface area contributed by atoms with Crippen molar-refractivity contribution >= 4 is 12.0 Å². The topological polar surface area (TPSA) is 20.3 Å². The molecule has 1 atom stereocenters. The Kier molecular flexibility index (Phi) is 3.82. The molecule has 2 heteroatoms. The van der Waals surface area contributed by atoms with Gasteiger partial charge in [0.15, 0.2) is 0 Å². The number of carbonyl (C=O) groups is 1. The van der Waals surface area contributed by atoms with Gasteiger partial charge in [-0.25, -0.2) is 0 Å². The van der Waals surface area contributed by atoms with Crippen molar-refractivity contribution in [2.45, 2.75) is 45.6 Å². The predicted octanol–water partition coefficient (Wildman–Crippen LogP) is 3.58. The fourth-order valence-corrected chi connectivity index (χ4v) is 2.82. The molecular formula is C15H21NO. The minimum atomic E-state index is 0.671. The molecule has 0 aromatic heterocycles. The van der Waals surface area contributed by atoms with Crippen LogP contribution < -0.4 is 4.90 Å². The molecule has 0 amide bonds. The molecule has 2 rings (SSSR count). The van der Waals surface area contributed by atoms with Crippen LogP contribution in [0.4, 0.5) is 5.69 Å². The third-order valence-corrected chi connectivity index (χ3v) is 3.76. The molecule has 1 fully saturated rings. The number of nitrogens with zero attached hydrogens (tertiary/aromatic N) is 1. The van der Waals surface area contributed by atoms with Gasteiger partial charge in [-0.2, -0.15) is 0 Å². The largest absolute Gasteiger partial charge is 0.368 e. The summed E-state index contributed by atoms with van der Waals surface area (Å²) in [5.74, 6) is 0. The predicted molar refractivity (Wildman–Crippen MR) is 71.8 cm³/mol. The Morgan fingerprint density at radius 1 is 1.41 bits per heavy atom. The molecule has 0 aliphatic carbocycles. The van der Waals surface area contributed by atoms with E-state index >= 15 is 0 Å². The van der Waals surface area contributed by atoms with Crippen LogP contribution in [0.1, 0.15) is 48.5 Å². The molecule has 1 aromatic carbocycles. The molecule has 1 unspecified atom stereocenters. The number of piperidine rings is 1. The van der Waals surface area contributed by atoms with Crippen LogP contribution in [0.3, 0.4) is 0 Å². The molecule has 1 aliphatic rings. The summed E-state index contributed by atoms with van der Waals surface area (Å²) in [7, 11) is 0. The van der Waals surface area contributed by atoms with Crippen molar-refractivity contribution in [3.63, 3.8) is 0 Å². The molecule has 0 saturated carbocycles. The first-order valence-electron chi connectivity index (χ1n) is 6.58. The van der Waals surface area contributed by atoms with E-state index in [1.165, 1.54) is 36.9 Å². The van der Waals surface area contributed by atoms with E-state index in [2.05, 4.69) is 24.8 Å². The lowest BCUT2D eigenvalue weighted by Gasteiger charge is -2.38. The number of aryl methyl sites for hydroxylation is 1. The van der Waals surface area contributed by atoms with Crippen LogP contribution in [0.25, 0.3) is 0 Å². The lowest BCUT2D eigenvalue weighted by molar-refractivity contribution is 0.112. The van der Waals surface area contributed by atoms with E-state index in [1.54, 1.807) is 0 Å². The zero-order valence-electron chi connectivity index (χ0n) is 10.8.